The summed E-state index contributed by atoms with van der Waals surface area (Å²) in [5, 5.41) is 0. The number of nitrogens with one attached hydrogen (secondary N) is 1. The molecule has 1 N–H and O–H groups in total. The topological polar surface area (TPSA) is 73.3 Å². The number of aryl methyl sites for hydroxylation is 2. The molecule has 6 heteroatoms. The fourth-order valence-corrected chi connectivity index (χ4v) is 2.82. The molecule has 0 fully saturated rings. The van der Waals surface area contributed by atoms with Gasteiger partial charge in [0.25, 0.3) is 0 Å². The number of rotatable bonds is 9. The average molecular weight is 401 g/mol. The zero-order valence-corrected chi connectivity index (χ0v) is 18.0. The third kappa shape index (κ3) is 7.64. The van der Waals surface area contributed by atoms with Gasteiger partial charge in [0, 0.05) is 18.4 Å². The molecule has 2 rings (SSSR count). The molecule has 0 aliphatic rings. The van der Waals surface area contributed by atoms with Crippen LogP contribution in [0.1, 0.15) is 52.3 Å². The maximum atomic E-state index is 12.0. The summed E-state index contributed by atoms with van der Waals surface area (Å²) in [6.45, 7) is 9.71. The van der Waals surface area contributed by atoms with Gasteiger partial charge < -0.3 is 14.5 Å². The molecular weight excluding hydrogens is 368 g/mol. The number of hydrogen-bond donors (Lipinski definition) is 1. The molecule has 1 atom stereocenters. The molecule has 0 saturated carbocycles. The summed E-state index contributed by atoms with van der Waals surface area (Å²) >= 11 is 0. The number of hydrogen-bond acceptors (Lipinski definition) is 4. The Morgan fingerprint density at radius 1 is 1.21 bits per heavy atom. The van der Waals surface area contributed by atoms with E-state index in [4.69, 9.17) is 9.47 Å². The number of esters is 1. The predicted molar refractivity (Wildman–Crippen MR) is 114 cm³/mol. The lowest BCUT2D eigenvalue weighted by atomic mass is 10.1. The minimum atomic E-state index is -0.663. The largest absolute Gasteiger partial charge is 0.479 e. The summed E-state index contributed by atoms with van der Waals surface area (Å²) in [5.41, 5.74) is 1.53. The van der Waals surface area contributed by atoms with E-state index >= 15 is 0 Å². The molecule has 6 nitrogen and oxygen atoms in total. The van der Waals surface area contributed by atoms with Gasteiger partial charge in [0.2, 0.25) is 0 Å². The first-order valence-electron chi connectivity index (χ1n) is 10.1. The van der Waals surface area contributed by atoms with Gasteiger partial charge >= 0.3 is 11.7 Å². The average Bonchev–Trinajstić information content (AvgIpc) is 2.99. The maximum absolute atomic E-state index is 12.0. The normalized spacial score (nSPS) is 12.9. The lowest BCUT2D eigenvalue weighted by Gasteiger charge is -2.22. The summed E-state index contributed by atoms with van der Waals surface area (Å²) < 4.78 is 12.7. The Hall–Kier alpha value is -2.76. The van der Waals surface area contributed by atoms with Crippen molar-refractivity contribution >= 4 is 5.97 Å². The summed E-state index contributed by atoms with van der Waals surface area (Å²) in [6.07, 6.45) is 7.74. The van der Waals surface area contributed by atoms with E-state index < -0.39 is 11.7 Å². The Labute approximate surface area is 172 Å². The Bertz CT molecular complexity index is 870. The van der Waals surface area contributed by atoms with Gasteiger partial charge in [-0.25, -0.2) is 9.59 Å². The minimum Gasteiger partial charge on any atom is -0.479 e. The van der Waals surface area contributed by atoms with Crippen LogP contribution in [-0.4, -0.2) is 27.2 Å². The van der Waals surface area contributed by atoms with Gasteiger partial charge in [0.15, 0.2) is 6.10 Å². The molecule has 2 aromatic rings. The minimum absolute atomic E-state index is 0.0706. The molecule has 1 unspecified atom stereocenters. The molecular formula is C23H32N2O4. The molecule has 158 valence electrons. The van der Waals surface area contributed by atoms with Crippen LogP contribution in [0, 0.1) is 0 Å². The van der Waals surface area contributed by atoms with E-state index in [9.17, 15) is 9.59 Å². The summed E-state index contributed by atoms with van der Waals surface area (Å²) in [4.78, 5) is 26.8. The second kappa shape index (κ2) is 10.1. The van der Waals surface area contributed by atoms with E-state index in [-0.39, 0.29) is 11.7 Å². The SMILES string of the molecule is C/C=C/Cn1cc(CCCc2ccc(OC(C)C(=O)OC(C)(C)C)cc2)[nH]c1=O. The summed E-state index contributed by atoms with van der Waals surface area (Å²) in [5.74, 6) is 0.259. The van der Waals surface area contributed by atoms with Crippen molar-refractivity contribution in [1.29, 1.82) is 0 Å². The molecule has 0 spiro atoms. The van der Waals surface area contributed by atoms with Gasteiger partial charge in [-0.2, -0.15) is 0 Å². The lowest BCUT2D eigenvalue weighted by molar-refractivity contribution is -0.162. The maximum Gasteiger partial charge on any atom is 0.347 e. The third-order valence-corrected chi connectivity index (χ3v) is 4.26. The number of aromatic amines is 1. The number of benzene rings is 1. The fraction of sp³-hybridized carbons (Fsp3) is 0.478. The van der Waals surface area contributed by atoms with Crippen LogP contribution >= 0.6 is 0 Å². The third-order valence-electron chi connectivity index (χ3n) is 4.26. The van der Waals surface area contributed by atoms with Crippen LogP contribution in [0.4, 0.5) is 0 Å². The Balaban J connectivity index is 1.82. The highest BCUT2D eigenvalue weighted by atomic mass is 16.6. The van der Waals surface area contributed by atoms with E-state index in [1.807, 2.05) is 70.3 Å². The van der Waals surface area contributed by atoms with Crippen molar-refractivity contribution in [2.24, 2.45) is 0 Å². The zero-order valence-electron chi connectivity index (χ0n) is 18.0. The van der Waals surface area contributed by atoms with Gasteiger partial charge in [-0.1, -0.05) is 24.3 Å². The van der Waals surface area contributed by atoms with Crippen molar-refractivity contribution < 1.29 is 14.3 Å². The number of imidazole rings is 1. The second-order valence-corrected chi connectivity index (χ2v) is 8.10. The van der Waals surface area contributed by atoms with Crippen LogP contribution in [0.25, 0.3) is 0 Å². The van der Waals surface area contributed by atoms with E-state index in [1.54, 1.807) is 11.5 Å². The van der Waals surface area contributed by atoms with Crippen LogP contribution in [0.15, 0.2) is 47.4 Å². The quantitative estimate of drug-likeness (QED) is 0.509. The van der Waals surface area contributed by atoms with Gasteiger partial charge in [-0.05, 0) is 71.6 Å². The molecule has 1 heterocycles. The van der Waals surface area contributed by atoms with E-state index in [0.717, 1.165) is 25.0 Å². The molecule has 1 aromatic heterocycles. The number of ether oxygens (including phenoxy) is 2. The summed E-state index contributed by atoms with van der Waals surface area (Å²) in [6, 6.07) is 7.73. The standard InChI is InChI=1S/C23H32N2O4/c1-6-7-15-25-16-19(24-22(25)27)10-8-9-18-11-13-20(14-12-18)28-17(2)21(26)29-23(3,4)5/h6-7,11-14,16-17H,8-10,15H2,1-5H3,(H,24,27)/b7-6+. The van der Waals surface area contributed by atoms with Crippen molar-refractivity contribution in [3.8, 4) is 5.75 Å². The number of allylic oxidation sites excluding steroid dienone is 2. The molecule has 0 saturated heterocycles. The molecule has 1 aromatic carbocycles. The number of nitrogens with zero attached hydrogens (tertiary/aromatic N) is 1. The first-order valence-corrected chi connectivity index (χ1v) is 10.1. The zero-order chi connectivity index (χ0) is 21.4. The van der Waals surface area contributed by atoms with Crippen LogP contribution in [-0.2, 0) is 28.9 Å². The molecule has 29 heavy (non-hydrogen) atoms. The number of carbonyl (C=O) groups excluding carboxylic acids is 1. The second-order valence-electron chi connectivity index (χ2n) is 8.10. The monoisotopic (exact) mass is 400 g/mol. The number of H-pyrrole nitrogens is 1. The van der Waals surface area contributed by atoms with Gasteiger partial charge in [-0.3, -0.25) is 4.57 Å². The van der Waals surface area contributed by atoms with E-state index in [1.165, 1.54) is 5.56 Å². The van der Waals surface area contributed by atoms with Crippen molar-refractivity contribution in [3.05, 3.63) is 64.4 Å². The molecule has 0 aliphatic carbocycles. The first-order chi connectivity index (χ1) is 13.7. The first kappa shape index (κ1) is 22.5. The number of aromatic nitrogens is 2. The van der Waals surface area contributed by atoms with Gasteiger partial charge in [0.05, 0.1) is 0 Å². The highest BCUT2D eigenvalue weighted by Gasteiger charge is 2.22. The molecule has 0 aliphatic heterocycles. The fourth-order valence-electron chi connectivity index (χ4n) is 2.82. The summed E-state index contributed by atoms with van der Waals surface area (Å²) in [7, 11) is 0. The molecule has 0 amide bonds. The predicted octanol–water partition coefficient (Wildman–Crippen LogP) is 4.04. The van der Waals surface area contributed by atoms with Crippen LogP contribution in [0.2, 0.25) is 0 Å². The van der Waals surface area contributed by atoms with Crippen molar-refractivity contribution in [2.45, 2.75) is 72.1 Å². The Kier molecular flexibility index (Phi) is 7.88. The smallest absolute Gasteiger partial charge is 0.347 e. The number of carbonyl (C=O) groups is 1. The van der Waals surface area contributed by atoms with Gasteiger partial charge in [0.1, 0.15) is 11.4 Å². The van der Waals surface area contributed by atoms with Crippen LogP contribution < -0.4 is 10.4 Å². The lowest BCUT2D eigenvalue weighted by Crippen LogP contribution is -2.33. The van der Waals surface area contributed by atoms with Crippen LogP contribution in [0.5, 0.6) is 5.75 Å². The van der Waals surface area contributed by atoms with Crippen molar-refractivity contribution in [2.75, 3.05) is 0 Å². The highest BCUT2D eigenvalue weighted by Crippen LogP contribution is 2.17. The van der Waals surface area contributed by atoms with Crippen LogP contribution in [0.3, 0.4) is 0 Å². The Morgan fingerprint density at radius 2 is 1.90 bits per heavy atom. The van der Waals surface area contributed by atoms with Crippen molar-refractivity contribution in [3.63, 3.8) is 0 Å². The van der Waals surface area contributed by atoms with Gasteiger partial charge in [-0.15, -0.1) is 0 Å². The van der Waals surface area contributed by atoms with Crippen molar-refractivity contribution in [1.82, 2.24) is 9.55 Å². The molecule has 0 bridgehead atoms. The van der Waals surface area contributed by atoms with E-state index in [0.29, 0.717) is 12.3 Å². The Morgan fingerprint density at radius 3 is 2.52 bits per heavy atom. The highest BCUT2D eigenvalue weighted by molar-refractivity contribution is 5.75. The molecule has 0 radical (unpaired) electrons. The van der Waals surface area contributed by atoms with E-state index in [2.05, 4.69) is 4.98 Å².